The molecule has 6 nitrogen and oxygen atoms in total. The molecule has 0 aromatic rings. The first kappa shape index (κ1) is 53.4. The SMILES string of the molecule is CCCCCCCCCCCCCCCCC(=O)OC[C@H](COC(=O)CCCCCCCCCCC)OC(=O)CCCCCCCCCCCCCC(C)C. The van der Waals surface area contributed by atoms with Crippen LogP contribution in [-0.4, -0.2) is 37.2 Å². The lowest BCUT2D eigenvalue weighted by Gasteiger charge is -2.18. The minimum atomic E-state index is -0.759. The van der Waals surface area contributed by atoms with Crippen LogP contribution in [0.4, 0.5) is 0 Å². The van der Waals surface area contributed by atoms with E-state index in [0.29, 0.717) is 19.3 Å². The average Bonchev–Trinajstić information content (AvgIpc) is 3.17. The Morgan fingerprint density at radius 3 is 0.891 bits per heavy atom. The molecule has 0 aliphatic heterocycles. The summed E-state index contributed by atoms with van der Waals surface area (Å²) in [6.45, 7) is 8.99. The van der Waals surface area contributed by atoms with Gasteiger partial charge in [0.1, 0.15) is 13.2 Å². The number of carbonyl (C=O) groups is 3. The van der Waals surface area contributed by atoms with Crippen LogP contribution < -0.4 is 0 Å². The second kappa shape index (κ2) is 43.5. The van der Waals surface area contributed by atoms with Gasteiger partial charge in [-0.3, -0.25) is 14.4 Å². The highest BCUT2D eigenvalue weighted by Crippen LogP contribution is 2.17. The van der Waals surface area contributed by atoms with Gasteiger partial charge in [0, 0.05) is 19.3 Å². The van der Waals surface area contributed by atoms with Crippen LogP contribution in [0.3, 0.4) is 0 Å². The zero-order chi connectivity index (χ0) is 40.3. The number of esters is 3. The molecular weight excluding hydrogens is 685 g/mol. The Bertz CT molecular complexity index is 826. The Kier molecular flexibility index (Phi) is 42.3. The predicted molar refractivity (Wildman–Crippen MR) is 233 cm³/mol. The van der Waals surface area contributed by atoms with Crippen molar-refractivity contribution in [2.24, 2.45) is 5.92 Å². The summed E-state index contributed by atoms with van der Waals surface area (Å²) >= 11 is 0. The molecule has 0 saturated heterocycles. The van der Waals surface area contributed by atoms with E-state index in [9.17, 15) is 14.4 Å². The quantitative estimate of drug-likeness (QED) is 0.0348. The summed E-state index contributed by atoms with van der Waals surface area (Å²) in [5, 5.41) is 0. The number of rotatable bonds is 44. The maximum Gasteiger partial charge on any atom is 0.306 e. The summed E-state index contributed by atoms with van der Waals surface area (Å²) in [5.74, 6) is -0.0263. The Hall–Kier alpha value is -1.59. The molecule has 0 aromatic carbocycles. The van der Waals surface area contributed by atoms with Gasteiger partial charge in [-0.15, -0.1) is 0 Å². The third-order valence-electron chi connectivity index (χ3n) is 11.0. The third kappa shape index (κ3) is 43.4. The molecule has 0 radical (unpaired) electrons. The summed E-state index contributed by atoms with van der Waals surface area (Å²) in [6, 6.07) is 0. The van der Waals surface area contributed by atoms with Crippen LogP contribution in [0.15, 0.2) is 0 Å². The van der Waals surface area contributed by atoms with E-state index in [0.717, 1.165) is 63.7 Å². The Morgan fingerprint density at radius 2 is 0.600 bits per heavy atom. The van der Waals surface area contributed by atoms with Gasteiger partial charge in [-0.05, 0) is 25.2 Å². The van der Waals surface area contributed by atoms with Crippen LogP contribution in [0.1, 0.15) is 272 Å². The highest BCUT2D eigenvalue weighted by Gasteiger charge is 2.19. The van der Waals surface area contributed by atoms with Gasteiger partial charge in [0.05, 0.1) is 0 Å². The van der Waals surface area contributed by atoms with Crippen molar-refractivity contribution in [3.05, 3.63) is 0 Å². The van der Waals surface area contributed by atoms with Crippen molar-refractivity contribution < 1.29 is 28.6 Å². The van der Waals surface area contributed by atoms with Crippen LogP contribution in [0.5, 0.6) is 0 Å². The fourth-order valence-corrected chi connectivity index (χ4v) is 7.33. The van der Waals surface area contributed by atoms with E-state index < -0.39 is 6.10 Å². The molecule has 0 unspecified atom stereocenters. The molecule has 0 aliphatic rings. The van der Waals surface area contributed by atoms with Crippen LogP contribution in [0, 0.1) is 5.92 Å². The topological polar surface area (TPSA) is 78.9 Å². The molecule has 326 valence electrons. The number of hydrogen-bond acceptors (Lipinski definition) is 6. The Balaban J connectivity index is 4.29. The van der Waals surface area contributed by atoms with Crippen molar-refractivity contribution in [1.29, 1.82) is 0 Å². The largest absolute Gasteiger partial charge is 0.462 e. The molecule has 0 spiro atoms. The van der Waals surface area contributed by atoms with E-state index in [-0.39, 0.29) is 31.1 Å². The molecule has 0 fully saturated rings. The molecule has 0 rings (SSSR count). The summed E-state index contributed by atoms with van der Waals surface area (Å²) < 4.78 is 16.7. The van der Waals surface area contributed by atoms with E-state index in [2.05, 4.69) is 27.7 Å². The first-order valence-corrected chi connectivity index (χ1v) is 24.4. The van der Waals surface area contributed by atoms with Crippen molar-refractivity contribution in [3.8, 4) is 0 Å². The monoisotopic (exact) mass is 779 g/mol. The molecule has 1 atom stereocenters. The van der Waals surface area contributed by atoms with E-state index in [1.54, 1.807) is 0 Å². The third-order valence-corrected chi connectivity index (χ3v) is 11.0. The first-order valence-electron chi connectivity index (χ1n) is 24.4. The lowest BCUT2D eigenvalue weighted by atomic mass is 10.0. The normalized spacial score (nSPS) is 11.9. The molecule has 0 aliphatic carbocycles. The molecule has 0 amide bonds. The maximum atomic E-state index is 12.7. The molecule has 0 heterocycles. The van der Waals surface area contributed by atoms with Gasteiger partial charge in [0.25, 0.3) is 0 Å². The van der Waals surface area contributed by atoms with E-state index >= 15 is 0 Å². The highest BCUT2D eigenvalue weighted by molar-refractivity contribution is 5.71. The maximum absolute atomic E-state index is 12.7. The van der Waals surface area contributed by atoms with Gasteiger partial charge in [0.2, 0.25) is 0 Å². The van der Waals surface area contributed by atoms with E-state index in [1.165, 1.54) is 167 Å². The zero-order valence-electron chi connectivity index (χ0n) is 37.4. The molecule has 0 saturated carbocycles. The minimum Gasteiger partial charge on any atom is -0.462 e. The lowest BCUT2D eigenvalue weighted by Crippen LogP contribution is -2.30. The van der Waals surface area contributed by atoms with Crippen LogP contribution >= 0.6 is 0 Å². The van der Waals surface area contributed by atoms with Crippen LogP contribution in [0.2, 0.25) is 0 Å². The number of ether oxygens (including phenoxy) is 3. The Morgan fingerprint density at radius 1 is 0.345 bits per heavy atom. The van der Waals surface area contributed by atoms with Crippen molar-refractivity contribution in [2.45, 2.75) is 278 Å². The van der Waals surface area contributed by atoms with Gasteiger partial charge in [-0.25, -0.2) is 0 Å². The standard InChI is InChI=1S/C49H94O6/c1-5-7-9-11-13-15-16-17-18-21-25-29-33-37-41-48(51)54-44-46(43-53-47(50)40-36-32-28-23-14-12-10-8-6-2)55-49(52)42-38-34-30-26-22-19-20-24-27-31-35-39-45(3)4/h45-46H,5-44H2,1-4H3/t46-/m0/s1. The minimum absolute atomic E-state index is 0.0633. The molecular formula is C49H94O6. The summed E-state index contributed by atoms with van der Waals surface area (Å²) in [7, 11) is 0. The van der Waals surface area contributed by atoms with Gasteiger partial charge in [-0.2, -0.15) is 0 Å². The zero-order valence-corrected chi connectivity index (χ0v) is 37.4. The van der Waals surface area contributed by atoms with Crippen molar-refractivity contribution in [1.82, 2.24) is 0 Å². The van der Waals surface area contributed by atoms with Gasteiger partial charge >= 0.3 is 17.9 Å². The summed E-state index contributed by atoms with van der Waals surface area (Å²) in [5.41, 5.74) is 0. The Labute approximate surface area is 342 Å². The fraction of sp³-hybridized carbons (Fsp3) is 0.939. The van der Waals surface area contributed by atoms with Gasteiger partial charge < -0.3 is 14.2 Å². The van der Waals surface area contributed by atoms with Gasteiger partial charge in [0.15, 0.2) is 6.10 Å². The van der Waals surface area contributed by atoms with Gasteiger partial charge in [-0.1, -0.05) is 233 Å². The van der Waals surface area contributed by atoms with Crippen molar-refractivity contribution in [3.63, 3.8) is 0 Å². The van der Waals surface area contributed by atoms with Crippen molar-refractivity contribution in [2.75, 3.05) is 13.2 Å². The van der Waals surface area contributed by atoms with Crippen LogP contribution in [-0.2, 0) is 28.6 Å². The van der Waals surface area contributed by atoms with Crippen LogP contribution in [0.25, 0.3) is 0 Å². The molecule has 0 N–H and O–H groups in total. The molecule has 6 heteroatoms. The lowest BCUT2D eigenvalue weighted by molar-refractivity contribution is -0.167. The smallest absolute Gasteiger partial charge is 0.306 e. The van der Waals surface area contributed by atoms with Crippen molar-refractivity contribution >= 4 is 17.9 Å². The molecule has 0 aromatic heterocycles. The first-order chi connectivity index (χ1) is 26.9. The second-order valence-corrected chi connectivity index (χ2v) is 17.2. The number of unbranched alkanes of at least 4 members (excludes halogenated alkanes) is 31. The summed E-state index contributed by atoms with van der Waals surface area (Å²) in [4.78, 5) is 37.8. The predicted octanol–water partition coefficient (Wildman–Crippen LogP) is 15.5. The van der Waals surface area contributed by atoms with E-state index in [1.807, 2.05) is 0 Å². The highest BCUT2D eigenvalue weighted by atomic mass is 16.6. The number of hydrogen-bond donors (Lipinski definition) is 0. The number of carbonyl (C=O) groups excluding carboxylic acids is 3. The fourth-order valence-electron chi connectivity index (χ4n) is 7.33. The van der Waals surface area contributed by atoms with E-state index in [4.69, 9.17) is 14.2 Å². The second-order valence-electron chi connectivity index (χ2n) is 17.2. The molecule has 0 bridgehead atoms. The molecule has 55 heavy (non-hydrogen) atoms. The summed E-state index contributed by atoms with van der Waals surface area (Å²) in [6.07, 6.45) is 43.7. The average molecular weight is 779 g/mol.